The Labute approximate surface area is 131 Å². The Morgan fingerprint density at radius 1 is 1.14 bits per heavy atom. The minimum absolute atomic E-state index is 0.0710. The molecule has 1 aromatic heterocycles. The third-order valence-corrected chi connectivity index (χ3v) is 4.27. The molecule has 1 amide bonds. The number of benzene rings is 2. The molecule has 3 aromatic rings. The average molecular weight is 343 g/mol. The van der Waals surface area contributed by atoms with Gasteiger partial charge in [0.15, 0.2) is 0 Å². The quantitative estimate of drug-likeness (QED) is 0.726. The van der Waals surface area contributed by atoms with Gasteiger partial charge in [-0.2, -0.15) is 0 Å². The number of carbonyl (C=O) groups is 1. The highest BCUT2D eigenvalue weighted by Crippen LogP contribution is 2.24. The number of H-pyrrole nitrogens is 1. The van der Waals surface area contributed by atoms with Gasteiger partial charge in [0.25, 0.3) is 5.91 Å². The molecule has 0 bridgehead atoms. The smallest absolute Gasteiger partial charge is 0.253 e. The zero-order chi connectivity index (χ0) is 14.8. The van der Waals surface area contributed by atoms with Crippen molar-refractivity contribution < 1.29 is 4.79 Å². The molecule has 1 unspecified atom stereocenters. The van der Waals surface area contributed by atoms with Crippen LogP contribution in [0.1, 0.15) is 28.9 Å². The number of aromatic nitrogens is 1. The molecule has 0 saturated carbocycles. The van der Waals surface area contributed by atoms with Gasteiger partial charge in [-0.15, -0.1) is 0 Å². The van der Waals surface area contributed by atoms with E-state index in [0.29, 0.717) is 5.56 Å². The van der Waals surface area contributed by atoms with Gasteiger partial charge in [0.1, 0.15) is 0 Å². The van der Waals surface area contributed by atoms with E-state index in [1.807, 2.05) is 61.7 Å². The van der Waals surface area contributed by atoms with Crippen LogP contribution >= 0.6 is 15.9 Å². The zero-order valence-electron chi connectivity index (χ0n) is 11.6. The molecule has 0 aliphatic rings. The van der Waals surface area contributed by atoms with Gasteiger partial charge in [-0.3, -0.25) is 4.79 Å². The van der Waals surface area contributed by atoms with Gasteiger partial charge in [0.2, 0.25) is 0 Å². The van der Waals surface area contributed by atoms with Crippen LogP contribution in [-0.2, 0) is 0 Å². The highest BCUT2D eigenvalue weighted by molar-refractivity contribution is 9.10. The second-order valence-corrected chi connectivity index (χ2v) is 5.82. The third-order valence-electron chi connectivity index (χ3n) is 3.55. The van der Waals surface area contributed by atoms with E-state index in [4.69, 9.17) is 0 Å². The van der Waals surface area contributed by atoms with Crippen molar-refractivity contribution in [2.45, 2.75) is 13.0 Å². The number of halogens is 1. The summed E-state index contributed by atoms with van der Waals surface area (Å²) in [6.07, 6.45) is 1.85. The van der Waals surface area contributed by atoms with Gasteiger partial charge in [0.05, 0.1) is 17.1 Å². The van der Waals surface area contributed by atoms with Crippen molar-refractivity contribution in [3.8, 4) is 0 Å². The molecule has 0 saturated heterocycles. The van der Waals surface area contributed by atoms with E-state index in [-0.39, 0.29) is 11.9 Å². The van der Waals surface area contributed by atoms with E-state index >= 15 is 0 Å². The standard InChI is InChI=1S/C17H15BrN2O/c1-11(13-6-2-3-8-15(13)18)20-17(21)14-7-4-5-12-9-10-19-16(12)14/h2-11,19H,1H3,(H,20,21). The minimum atomic E-state index is -0.0775. The molecule has 2 aromatic carbocycles. The maximum absolute atomic E-state index is 12.5. The van der Waals surface area contributed by atoms with E-state index in [0.717, 1.165) is 20.9 Å². The number of hydrogen-bond acceptors (Lipinski definition) is 1. The molecule has 0 radical (unpaired) electrons. The maximum Gasteiger partial charge on any atom is 0.253 e. The largest absolute Gasteiger partial charge is 0.361 e. The van der Waals surface area contributed by atoms with E-state index < -0.39 is 0 Å². The predicted octanol–water partition coefficient (Wildman–Crippen LogP) is 4.42. The maximum atomic E-state index is 12.5. The second kappa shape index (κ2) is 5.74. The van der Waals surface area contributed by atoms with Crippen LogP contribution in [0.3, 0.4) is 0 Å². The highest BCUT2D eigenvalue weighted by atomic mass is 79.9. The molecule has 106 valence electrons. The van der Waals surface area contributed by atoms with Crippen LogP contribution in [0.5, 0.6) is 0 Å². The Bertz CT molecular complexity index is 794. The van der Waals surface area contributed by atoms with Crippen LogP contribution in [-0.4, -0.2) is 10.9 Å². The minimum Gasteiger partial charge on any atom is -0.361 e. The summed E-state index contributed by atoms with van der Waals surface area (Å²) < 4.78 is 0.996. The van der Waals surface area contributed by atoms with E-state index in [2.05, 4.69) is 26.2 Å². The number of rotatable bonds is 3. The molecule has 4 heteroatoms. The number of nitrogens with one attached hydrogen (secondary N) is 2. The van der Waals surface area contributed by atoms with Crippen molar-refractivity contribution in [3.05, 3.63) is 70.3 Å². The first-order chi connectivity index (χ1) is 10.2. The van der Waals surface area contributed by atoms with Crippen molar-refractivity contribution >= 4 is 32.7 Å². The number of carbonyl (C=O) groups excluding carboxylic acids is 1. The summed E-state index contributed by atoms with van der Waals surface area (Å²) in [5.74, 6) is -0.0775. The first-order valence-corrected chi connectivity index (χ1v) is 7.57. The summed E-state index contributed by atoms with van der Waals surface area (Å²) in [7, 11) is 0. The number of amides is 1. The van der Waals surface area contributed by atoms with Gasteiger partial charge in [-0.05, 0) is 30.7 Å². The third kappa shape index (κ3) is 2.72. The van der Waals surface area contributed by atoms with Gasteiger partial charge < -0.3 is 10.3 Å². The molecular formula is C17H15BrN2O. The monoisotopic (exact) mass is 342 g/mol. The van der Waals surface area contributed by atoms with Crippen molar-refractivity contribution in [3.63, 3.8) is 0 Å². The van der Waals surface area contributed by atoms with Gasteiger partial charge in [0, 0.05) is 16.1 Å². The molecule has 0 aliphatic carbocycles. The number of fused-ring (bicyclic) bond motifs is 1. The Morgan fingerprint density at radius 3 is 2.76 bits per heavy atom. The summed E-state index contributed by atoms with van der Waals surface area (Å²) >= 11 is 3.52. The van der Waals surface area contributed by atoms with E-state index in [1.165, 1.54) is 0 Å². The molecule has 21 heavy (non-hydrogen) atoms. The topological polar surface area (TPSA) is 44.9 Å². The van der Waals surface area contributed by atoms with Crippen molar-refractivity contribution in [2.24, 2.45) is 0 Å². The van der Waals surface area contributed by atoms with Crippen molar-refractivity contribution in [2.75, 3.05) is 0 Å². The first-order valence-electron chi connectivity index (χ1n) is 6.78. The fourth-order valence-corrected chi connectivity index (χ4v) is 3.08. The van der Waals surface area contributed by atoms with E-state index in [1.54, 1.807) is 0 Å². The normalized spacial score (nSPS) is 12.3. The number of aromatic amines is 1. The lowest BCUT2D eigenvalue weighted by Crippen LogP contribution is -2.27. The summed E-state index contributed by atoms with van der Waals surface area (Å²) in [5.41, 5.74) is 2.59. The Balaban J connectivity index is 1.87. The zero-order valence-corrected chi connectivity index (χ0v) is 13.1. The van der Waals surface area contributed by atoms with Gasteiger partial charge >= 0.3 is 0 Å². The molecule has 0 aliphatic heterocycles. The van der Waals surface area contributed by atoms with Crippen LogP contribution in [0, 0.1) is 0 Å². The van der Waals surface area contributed by atoms with Crippen molar-refractivity contribution in [1.29, 1.82) is 0 Å². The molecule has 2 N–H and O–H groups in total. The molecular weight excluding hydrogens is 328 g/mol. The highest BCUT2D eigenvalue weighted by Gasteiger charge is 2.15. The van der Waals surface area contributed by atoms with E-state index in [9.17, 15) is 4.79 Å². The van der Waals surface area contributed by atoms with Crippen LogP contribution in [0.2, 0.25) is 0 Å². The summed E-state index contributed by atoms with van der Waals surface area (Å²) in [5, 5.41) is 4.08. The SMILES string of the molecule is CC(NC(=O)c1cccc2cc[nH]c12)c1ccccc1Br. The lowest BCUT2D eigenvalue weighted by molar-refractivity contribution is 0.0941. The first kappa shape index (κ1) is 13.9. The fourth-order valence-electron chi connectivity index (χ4n) is 2.45. The van der Waals surface area contributed by atoms with Crippen LogP contribution in [0.4, 0.5) is 0 Å². The predicted molar refractivity (Wildman–Crippen MR) is 88.3 cm³/mol. The van der Waals surface area contributed by atoms with Crippen LogP contribution < -0.4 is 5.32 Å². The Morgan fingerprint density at radius 2 is 1.95 bits per heavy atom. The molecule has 0 spiro atoms. The number of para-hydroxylation sites is 1. The lowest BCUT2D eigenvalue weighted by Gasteiger charge is -2.16. The molecule has 3 nitrogen and oxygen atoms in total. The van der Waals surface area contributed by atoms with Crippen LogP contribution in [0.25, 0.3) is 10.9 Å². The fraction of sp³-hybridized carbons (Fsp3) is 0.118. The average Bonchev–Trinajstić information content (AvgIpc) is 2.95. The number of hydrogen-bond donors (Lipinski definition) is 2. The lowest BCUT2D eigenvalue weighted by atomic mass is 10.1. The molecule has 3 rings (SSSR count). The Kier molecular flexibility index (Phi) is 3.80. The van der Waals surface area contributed by atoms with Gasteiger partial charge in [-0.1, -0.05) is 46.3 Å². The van der Waals surface area contributed by atoms with Crippen molar-refractivity contribution in [1.82, 2.24) is 10.3 Å². The Hall–Kier alpha value is -2.07. The summed E-state index contributed by atoms with van der Waals surface area (Å²) in [6, 6.07) is 15.5. The van der Waals surface area contributed by atoms with Crippen LogP contribution in [0.15, 0.2) is 59.2 Å². The van der Waals surface area contributed by atoms with Gasteiger partial charge in [-0.25, -0.2) is 0 Å². The summed E-state index contributed by atoms with van der Waals surface area (Å²) in [4.78, 5) is 15.6. The molecule has 1 heterocycles. The molecule has 1 atom stereocenters. The molecule has 0 fully saturated rings. The second-order valence-electron chi connectivity index (χ2n) is 4.96. The summed E-state index contributed by atoms with van der Waals surface area (Å²) in [6.45, 7) is 1.98.